The van der Waals surface area contributed by atoms with Crippen LogP contribution in [-0.4, -0.2) is 25.4 Å². The molecule has 1 N–H and O–H groups in total. The molecule has 0 unspecified atom stereocenters. The molecule has 1 amide bonds. The predicted octanol–water partition coefficient (Wildman–Crippen LogP) is 6.57. The first-order chi connectivity index (χ1) is 16.2. The van der Waals surface area contributed by atoms with E-state index in [0.29, 0.717) is 39.5 Å². The summed E-state index contributed by atoms with van der Waals surface area (Å²) in [5.74, 6) is -0.753. The molecule has 0 atom stereocenters. The van der Waals surface area contributed by atoms with Crippen molar-refractivity contribution in [3.8, 4) is 22.5 Å². The zero-order valence-corrected chi connectivity index (χ0v) is 18.0. The maximum atomic E-state index is 13.4. The molecule has 4 rings (SSSR count). The fourth-order valence-electron chi connectivity index (χ4n) is 3.87. The summed E-state index contributed by atoms with van der Waals surface area (Å²) >= 11 is 0. The van der Waals surface area contributed by atoms with E-state index in [0.717, 1.165) is 0 Å². The maximum Gasteiger partial charge on any atom is 0.389 e. The van der Waals surface area contributed by atoms with E-state index in [9.17, 15) is 27.2 Å². The first-order valence-corrected chi connectivity index (χ1v) is 10.4. The van der Waals surface area contributed by atoms with Crippen LogP contribution >= 0.6 is 0 Å². The highest BCUT2D eigenvalue weighted by molar-refractivity contribution is 6.12. The van der Waals surface area contributed by atoms with Gasteiger partial charge in [0.05, 0.1) is 5.56 Å². The van der Waals surface area contributed by atoms with Crippen LogP contribution in [0.5, 0.6) is 0 Å². The highest BCUT2D eigenvalue weighted by atomic mass is 19.4. The quantitative estimate of drug-likeness (QED) is 0.257. The summed E-state index contributed by atoms with van der Waals surface area (Å²) in [4.78, 5) is 24.1. The van der Waals surface area contributed by atoms with Crippen molar-refractivity contribution in [1.29, 1.82) is 0 Å². The van der Waals surface area contributed by atoms with Crippen LogP contribution in [0.25, 0.3) is 33.4 Å². The molecule has 0 spiro atoms. The number of benzene rings is 3. The molecule has 4 nitrogen and oxygen atoms in total. The van der Waals surface area contributed by atoms with E-state index in [1.807, 2.05) is 0 Å². The molecule has 0 bridgehead atoms. The van der Waals surface area contributed by atoms with Gasteiger partial charge in [-0.15, -0.1) is 0 Å². The highest BCUT2D eigenvalue weighted by Gasteiger charge is 2.28. The average molecular weight is 469 g/mol. The molecule has 34 heavy (non-hydrogen) atoms. The van der Waals surface area contributed by atoms with E-state index in [2.05, 4.69) is 5.32 Å². The van der Waals surface area contributed by atoms with Gasteiger partial charge in [0, 0.05) is 30.0 Å². The van der Waals surface area contributed by atoms with Crippen LogP contribution in [0.15, 0.2) is 65.1 Å². The number of halogens is 4. The average Bonchev–Trinajstić information content (AvgIpc) is 3.20. The minimum absolute atomic E-state index is 0.176. The van der Waals surface area contributed by atoms with Gasteiger partial charge in [-0.1, -0.05) is 18.2 Å². The molecule has 4 aromatic rings. The normalized spacial score (nSPS) is 11.6. The molecule has 0 saturated heterocycles. The molecule has 1 aromatic heterocycles. The zero-order chi connectivity index (χ0) is 24.5. The van der Waals surface area contributed by atoms with E-state index in [1.165, 1.54) is 37.4 Å². The molecular formula is C26H19F4NO3. The van der Waals surface area contributed by atoms with Crippen LogP contribution < -0.4 is 5.32 Å². The van der Waals surface area contributed by atoms with Crippen molar-refractivity contribution < 1.29 is 31.6 Å². The summed E-state index contributed by atoms with van der Waals surface area (Å²) in [5.41, 5.74) is 2.57. The van der Waals surface area contributed by atoms with Crippen molar-refractivity contribution in [1.82, 2.24) is 5.32 Å². The smallest absolute Gasteiger partial charge is 0.389 e. The van der Waals surface area contributed by atoms with Gasteiger partial charge in [0.25, 0.3) is 5.91 Å². The van der Waals surface area contributed by atoms with Gasteiger partial charge in [-0.3, -0.25) is 9.59 Å². The van der Waals surface area contributed by atoms with Crippen molar-refractivity contribution in [2.45, 2.75) is 19.0 Å². The molecule has 3 aromatic carbocycles. The minimum atomic E-state index is -4.37. The number of fused-ring (bicyclic) bond motifs is 1. The van der Waals surface area contributed by atoms with E-state index < -0.39 is 24.3 Å². The number of rotatable bonds is 6. The number of carbonyl (C=O) groups is 2. The third kappa shape index (κ3) is 4.71. The van der Waals surface area contributed by atoms with Crippen LogP contribution in [0.3, 0.4) is 0 Å². The second-order valence-corrected chi connectivity index (χ2v) is 7.76. The van der Waals surface area contributed by atoms with Gasteiger partial charge in [0.2, 0.25) is 0 Å². The summed E-state index contributed by atoms with van der Waals surface area (Å²) in [7, 11) is 1.45. The number of nitrogens with one attached hydrogen (secondary N) is 1. The highest BCUT2D eigenvalue weighted by Crippen LogP contribution is 2.39. The summed E-state index contributed by atoms with van der Waals surface area (Å²) in [6.45, 7) is 0. The lowest BCUT2D eigenvalue weighted by Crippen LogP contribution is -2.18. The van der Waals surface area contributed by atoms with Crippen LogP contribution in [0.2, 0.25) is 0 Å². The molecule has 174 valence electrons. The van der Waals surface area contributed by atoms with Gasteiger partial charge in [0.15, 0.2) is 0 Å². The monoisotopic (exact) mass is 469 g/mol. The molecule has 0 aliphatic rings. The largest absolute Gasteiger partial charge is 0.455 e. The maximum absolute atomic E-state index is 13.4. The standard InChI is InChI=1S/C26H19F4NO3/c1-31-25(33)23-21-13-20(17-4-2-3-15(11-17)14-32)18(9-10-26(28,29)30)12-22(21)34-24(23)16-5-7-19(27)8-6-16/h2-8,11-14H,9-10H2,1H3,(H,31,33). The Kier molecular flexibility index (Phi) is 6.24. The lowest BCUT2D eigenvalue weighted by atomic mass is 9.93. The summed E-state index contributed by atoms with van der Waals surface area (Å²) in [5, 5.41) is 2.94. The molecule has 0 aliphatic heterocycles. The van der Waals surface area contributed by atoms with Gasteiger partial charge in [-0.25, -0.2) is 4.39 Å². The van der Waals surface area contributed by atoms with E-state index in [1.54, 1.807) is 30.3 Å². The molecule has 8 heteroatoms. The summed E-state index contributed by atoms with van der Waals surface area (Å²) < 4.78 is 58.5. The number of alkyl halides is 3. The first kappa shape index (κ1) is 23.2. The molecular weight excluding hydrogens is 450 g/mol. The van der Waals surface area contributed by atoms with Crippen molar-refractivity contribution >= 4 is 23.2 Å². The van der Waals surface area contributed by atoms with Gasteiger partial charge in [-0.2, -0.15) is 13.2 Å². The van der Waals surface area contributed by atoms with Crippen LogP contribution in [0, 0.1) is 5.82 Å². The fraction of sp³-hybridized carbons (Fsp3) is 0.154. The lowest BCUT2D eigenvalue weighted by molar-refractivity contribution is -0.133. The first-order valence-electron chi connectivity index (χ1n) is 10.4. The SMILES string of the molecule is CNC(=O)c1c(-c2ccc(F)cc2)oc2cc(CCC(F)(F)F)c(-c3cccc(C=O)c3)cc12. The van der Waals surface area contributed by atoms with Crippen LogP contribution in [-0.2, 0) is 6.42 Å². The molecule has 0 aliphatic carbocycles. The zero-order valence-electron chi connectivity index (χ0n) is 18.0. The van der Waals surface area contributed by atoms with E-state index in [-0.39, 0.29) is 23.3 Å². The third-order valence-electron chi connectivity index (χ3n) is 5.49. The minimum Gasteiger partial charge on any atom is -0.455 e. The number of aldehydes is 1. The van der Waals surface area contributed by atoms with E-state index >= 15 is 0 Å². The van der Waals surface area contributed by atoms with Gasteiger partial charge in [0.1, 0.15) is 23.4 Å². The number of hydrogen-bond donors (Lipinski definition) is 1. The number of amides is 1. The Morgan fingerprint density at radius 1 is 1.03 bits per heavy atom. The number of carbonyl (C=O) groups excluding carboxylic acids is 2. The van der Waals surface area contributed by atoms with E-state index in [4.69, 9.17) is 4.42 Å². The summed E-state index contributed by atoms with van der Waals surface area (Å²) in [6, 6.07) is 14.9. The van der Waals surface area contributed by atoms with Crippen molar-refractivity contribution in [3.05, 3.63) is 83.2 Å². The second kappa shape index (κ2) is 9.13. The Balaban J connectivity index is 1.98. The van der Waals surface area contributed by atoms with Gasteiger partial charge >= 0.3 is 6.18 Å². The Morgan fingerprint density at radius 3 is 2.41 bits per heavy atom. The topological polar surface area (TPSA) is 59.3 Å². The second-order valence-electron chi connectivity index (χ2n) is 7.76. The molecule has 0 fully saturated rings. The van der Waals surface area contributed by atoms with Crippen LogP contribution in [0.4, 0.5) is 17.6 Å². The molecule has 0 saturated carbocycles. The van der Waals surface area contributed by atoms with Crippen molar-refractivity contribution in [2.75, 3.05) is 7.05 Å². The number of furan rings is 1. The molecule has 1 heterocycles. The molecule has 0 radical (unpaired) electrons. The third-order valence-corrected chi connectivity index (χ3v) is 5.49. The lowest BCUT2D eigenvalue weighted by Gasteiger charge is -2.13. The predicted molar refractivity (Wildman–Crippen MR) is 120 cm³/mol. The van der Waals surface area contributed by atoms with Crippen molar-refractivity contribution in [3.63, 3.8) is 0 Å². The number of hydrogen-bond acceptors (Lipinski definition) is 3. The Morgan fingerprint density at radius 2 is 1.76 bits per heavy atom. The Labute approximate surface area is 192 Å². The fourth-order valence-corrected chi connectivity index (χ4v) is 3.87. The van der Waals surface area contributed by atoms with Gasteiger partial charge in [-0.05, 0) is 65.6 Å². The summed E-state index contributed by atoms with van der Waals surface area (Å²) in [6.07, 6.45) is -5.08. The Hall–Kier alpha value is -3.94. The van der Waals surface area contributed by atoms with Gasteiger partial charge < -0.3 is 9.73 Å². The van der Waals surface area contributed by atoms with Crippen molar-refractivity contribution in [2.24, 2.45) is 0 Å². The van der Waals surface area contributed by atoms with Crippen LogP contribution in [0.1, 0.15) is 32.7 Å². The Bertz CT molecular complexity index is 1370. The number of aryl methyl sites for hydroxylation is 1.